The predicted molar refractivity (Wildman–Crippen MR) is 109 cm³/mol. The summed E-state index contributed by atoms with van der Waals surface area (Å²) in [4.78, 5) is 21.5. The number of pyridine rings is 1. The van der Waals surface area contributed by atoms with Gasteiger partial charge in [-0.1, -0.05) is 18.2 Å². The molecule has 0 saturated carbocycles. The Balaban J connectivity index is 1.55. The lowest BCUT2D eigenvalue weighted by Gasteiger charge is -2.33. The summed E-state index contributed by atoms with van der Waals surface area (Å²) >= 11 is 0. The molecule has 2 aromatic rings. The Bertz CT molecular complexity index is 802. The molecule has 1 amide bonds. The number of likely N-dealkylation sites (N-methyl/N-ethyl adjacent to an activating group) is 1. The number of piperazine rings is 1. The zero-order valence-electron chi connectivity index (χ0n) is 15.9. The highest BCUT2D eigenvalue weighted by Gasteiger charge is 2.15. The minimum absolute atomic E-state index is 0.137. The first-order valence-corrected chi connectivity index (χ1v) is 10.8. The van der Waals surface area contributed by atoms with Gasteiger partial charge in [-0.3, -0.25) is 9.00 Å². The summed E-state index contributed by atoms with van der Waals surface area (Å²) in [5, 5.41) is 2.93. The molecule has 0 aliphatic carbocycles. The Kier molecular flexibility index (Phi) is 6.58. The van der Waals surface area contributed by atoms with E-state index in [0.29, 0.717) is 17.9 Å². The van der Waals surface area contributed by atoms with Crippen LogP contribution in [0.1, 0.15) is 21.5 Å². The van der Waals surface area contributed by atoms with Crippen LogP contribution in [0.15, 0.2) is 42.6 Å². The van der Waals surface area contributed by atoms with E-state index in [4.69, 9.17) is 0 Å². The number of hydrogen-bond acceptors (Lipinski definition) is 5. The summed E-state index contributed by atoms with van der Waals surface area (Å²) in [6.45, 7) is 4.49. The largest absolute Gasteiger partial charge is 0.354 e. The monoisotopic (exact) mass is 386 g/mol. The third-order valence-corrected chi connectivity index (χ3v) is 5.39. The molecular weight excluding hydrogens is 360 g/mol. The number of carbonyl (C=O) groups is 1. The van der Waals surface area contributed by atoms with Gasteiger partial charge >= 0.3 is 0 Å². The second-order valence-electron chi connectivity index (χ2n) is 6.92. The zero-order chi connectivity index (χ0) is 19.2. The second-order valence-corrected chi connectivity index (χ2v) is 8.35. The van der Waals surface area contributed by atoms with E-state index in [1.54, 1.807) is 18.4 Å². The molecule has 27 heavy (non-hydrogen) atoms. The van der Waals surface area contributed by atoms with Crippen LogP contribution in [0.4, 0.5) is 5.82 Å². The Labute approximate surface area is 163 Å². The Morgan fingerprint density at radius 3 is 2.59 bits per heavy atom. The number of amides is 1. The summed E-state index contributed by atoms with van der Waals surface area (Å²) < 4.78 is 11.4. The molecule has 1 aromatic heterocycles. The smallest absolute Gasteiger partial charge is 0.251 e. The lowest BCUT2D eigenvalue weighted by molar-refractivity contribution is 0.0951. The summed E-state index contributed by atoms with van der Waals surface area (Å²) in [6, 6.07) is 11.3. The van der Waals surface area contributed by atoms with Crippen LogP contribution < -0.4 is 10.2 Å². The van der Waals surface area contributed by atoms with Crippen molar-refractivity contribution in [1.29, 1.82) is 0 Å². The van der Waals surface area contributed by atoms with Crippen molar-refractivity contribution in [3.63, 3.8) is 0 Å². The number of aromatic nitrogens is 1. The molecule has 1 N–H and O–H groups in total. The second kappa shape index (κ2) is 9.10. The normalized spacial score (nSPS) is 16.1. The van der Waals surface area contributed by atoms with Crippen LogP contribution in [0.25, 0.3) is 0 Å². The average Bonchev–Trinajstić information content (AvgIpc) is 2.67. The first kappa shape index (κ1) is 19.5. The van der Waals surface area contributed by atoms with Crippen molar-refractivity contribution in [3.8, 4) is 0 Å². The van der Waals surface area contributed by atoms with Crippen LogP contribution in [-0.2, 0) is 23.1 Å². The maximum atomic E-state index is 12.4. The Morgan fingerprint density at radius 2 is 1.93 bits per heavy atom. The molecule has 7 heteroatoms. The van der Waals surface area contributed by atoms with Gasteiger partial charge in [-0.2, -0.15) is 0 Å². The summed E-state index contributed by atoms with van der Waals surface area (Å²) in [5.74, 6) is 1.30. The van der Waals surface area contributed by atoms with Gasteiger partial charge in [-0.25, -0.2) is 4.98 Å². The number of rotatable bonds is 6. The Hall–Kier alpha value is -2.25. The molecule has 1 atom stereocenters. The molecule has 1 aliphatic rings. The molecule has 6 nitrogen and oxygen atoms in total. The molecule has 1 fully saturated rings. The van der Waals surface area contributed by atoms with Crippen LogP contribution >= 0.6 is 0 Å². The van der Waals surface area contributed by atoms with Gasteiger partial charge in [-0.15, -0.1) is 0 Å². The maximum absolute atomic E-state index is 12.4. The van der Waals surface area contributed by atoms with Crippen LogP contribution in [-0.4, -0.2) is 59.5 Å². The van der Waals surface area contributed by atoms with E-state index in [0.717, 1.165) is 43.1 Å². The van der Waals surface area contributed by atoms with Crippen molar-refractivity contribution in [2.75, 3.05) is 44.4 Å². The van der Waals surface area contributed by atoms with Gasteiger partial charge in [0.2, 0.25) is 0 Å². The van der Waals surface area contributed by atoms with Gasteiger partial charge in [0, 0.05) is 67.3 Å². The highest BCUT2D eigenvalue weighted by atomic mass is 32.2. The highest BCUT2D eigenvalue weighted by Crippen LogP contribution is 2.14. The first-order valence-electron chi connectivity index (χ1n) is 9.07. The van der Waals surface area contributed by atoms with Crippen molar-refractivity contribution in [2.24, 2.45) is 0 Å². The van der Waals surface area contributed by atoms with Crippen molar-refractivity contribution in [2.45, 2.75) is 12.3 Å². The lowest BCUT2D eigenvalue weighted by Crippen LogP contribution is -2.44. The number of carbonyl (C=O) groups excluding carboxylic acids is 1. The number of benzene rings is 1. The molecule has 1 saturated heterocycles. The molecule has 1 aromatic carbocycles. The molecule has 0 spiro atoms. The first-order chi connectivity index (χ1) is 13.0. The summed E-state index contributed by atoms with van der Waals surface area (Å²) in [7, 11) is 1.21. The SMILES string of the molecule is CN1CCN(c2ccc(CNC(=O)c3cccc(CS(C)=O)c3)cn2)CC1. The molecule has 3 rings (SSSR count). The fourth-order valence-electron chi connectivity index (χ4n) is 3.07. The third-order valence-electron chi connectivity index (χ3n) is 4.65. The molecule has 1 aliphatic heterocycles. The van der Waals surface area contributed by atoms with Crippen LogP contribution in [0.3, 0.4) is 0 Å². The van der Waals surface area contributed by atoms with Crippen LogP contribution in [0.5, 0.6) is 0 Å². The highest BCUT2D eigenvalue weighted by molar-refractivity contribution is 7.83. The lowest BCUT2D eigenvalue weighted by atomic mass is 10.1. The molecule has 0 bridgehead atoms. The van der Waals surface area contributed by atoms with E-state index in [1.165, 1.54) is 0 Å². The fourth-order valence-corrected chi connectivity index (χ4v) is 3.71. The van der Waals surface area contributed by atoms with Crippen molar-refractivity contribution >= 4 is 22.5 Å². The number of anilines is 1. The standard InChI is InChI=1S/C20H26N4O2S/c1-23-8-10-24(11-9-23)19-7-6-17(13-21-19)14-22-20(25)18-5-3-4-16(12-18)15-27(2)26/h3-7,12-13H,8-11,14-15H2,1-2H3,(H,22,25). The van der Waals surface area contributed by atoms with E-state index in [2.05, 4.69) is 27.1 Å². The van der Waals surface area contributed by atoms with Gasteiger partial charge in [0.1, 0.15) is 5.82 Å². The number of nitrogens with one attached hydrogen (secondary N) is 1. The van der Waals surface area contributed by atoms with E-state index < -0.39 is 10.8 Å². The van der Waals surface area contributed by atoms with Gasteiger partial charge in [-0.05, 0) is 36.4 Å². The number of hydrogen-bond donors (Lipinski definition) is 1. The fraction of sp³-hybridized carbons (Fsp3) is 0.400. The minimum atomic E-state index is -0.925. The topological polar surface area (TPSA) is 65.5 Å². The van der Waals surface area contributed by atoms with E-state index in [-0.39, 0.29) is 5.91 Å². The molecular formula is C20H26N4O2S. The third kappa shape index (κ3) is 5.61. The molecule has 144 valence electrons. The molecule has 1 unspecified atom stereocenters. The quantitative estimate of drug-likeness (QED) is 0.818. The predicted octanol–water partition coefficient (Wildman–Crippen LogP) is 1.64. The Morgan fingerprint density at radius 1 is 1.15 bits per heavy atom. The number of nitrogens with zero attached hydrogens (tertiary/aromatic N) is 3. The van der Waals surface area contributed by atoms with Gasteiger partial charge < -0.3 is 15.1 Å². The molecule has 2 heterocycles. The van der Waals surface area contributed by atoms with Crippen molar-refractivity contribution in [3.05, 3.63) is 59.3 Å². The maximum Gasteiger partial charge on any atom is 0.251 e. The summed E-state index contributed by atoms with van der Waals surface area (Å²) in [5.41, 5.74) is 2.45. The van der Waals surface area contributed by atoms with E-state index in [9.17, 15) is 9.00 Å². The van der Waals surface area contributed by atoms with Crippen LogP contribution in [0, 0.1) is 0 Å². The van der Waals surface area contributed by atoms with Gasteiger partial charge in [0.15, 0.2) is 0 Å². The van der Waals surface area contributed by atoms with Crippen molar-refractivity contribution < 1.29 is 9.00 Å². The zero-order valence-corrected chi connectivity index (χ0v) is 16.7. The summed E-state index contributed by atoms with van der Waals surface area (Å²) in [6.07, 6.45) is 3.48. The average molecular weight is 387 g/mol. The van der Waals surface area contributed by atoms with E-state index >= 15 is 0 Å². The molecule has 0 radical (unpaired) electrons. The minimum Gasteiger partial charge on any atom is -0.354 e. The van der Waals surface area contributed by atoms with E-state index in [1.807, 2.05) is 30.5 Å². The van der Waals surface area contributed by atoms with Crippen molar-refractivity contribution in [1.82, 2.24) is 15.2 Å². The van der Waals surface area contributed by atoms with Gasteiger partial charge in [0.25, 0.3) is 5.91 Å². The van der Waals surface area contributed by atoms with Crippen LogP contribution in [0.2, 0.25) is 0 Å². The van der Waals surface area contributed by atoms with Gasteiger partial charge in [0.05, 0.1) is 0 Å².